The van der Waals surface area contributed by atoms with Crippen molar-refractivity contribution in [2.75, 3.05) is 0 Å². The van der Waals surface area contributed by atoms with Gasteiger partial charge in [0.05, 0.1) is 11.7 Å². The van der Waals surface area contributed by atoms with Crippen LogP contribution in [-0.2, 0) is 9.53 Å². The van der Waals surface area contributed by atoms with Gasteiger partial charge in [0, 0.05) is 6.92 Å². The van der Waals surface area contributed by atoms with Gasteiger partial charge in [0.1, 0.15) is 24.3 Å². The molecule has 1 aromatic carbocycles. The second-order valence-corrected chi connectivity index (χ2v) is 6.38. The molecule has 11 heteroatoms. The molecule has 11 nitrogen and oxygen atoms in total. The number of esters is 1. The summed E-state index contributed by atoms with van der Waals surface area (Å²) < 4.78 is 11.6. The van der Waals surface area contributed by atoms with Gasteiger partial charge in [-0.25, -0.2) is 9.67 Å². The van der Waals surface area contributed by atoms with Crippen LogP contribution in [0.4, 0.5) is 0 Å². The number of carbonyl (C=O) groups is 3. The lowest BCUT2D eigenvalue weighted by molar-refractivity contribution is -0.131. The first-order valence-electron chi connectivity index (χ1n) is 8.87. The van der Waals surface area contributed by atoms with E-state index in [9.17, 15) is 24.6 Å². The largest absolute Gasteiger partial charge is 0.426 e. The Morgan fingerprint density at radius 2 is 1.93 bits per heavy atom. The topological polar surface area (TPSA) is 153 Å². The van der Waals surface area contributed by atoms with Crippen molar-refractivity contribution < 1.29 is 34.1 Å². The summed E-state index contributed by atoms with van der Waals surface area (Å²) in [5.41, 5.74) is -0.0149. The van der Waals surface area contributed by atoms with Gasteiger partial charge < -0.3 is 19.7 Å². The fourth-order valence-electron chi connectivity index (χ4n) is 2.91. The molecule has 2 aromatic rings. The number of nitrogens with one attached hydrogen (secondary N) is 1. The van der Waals surface area contributed by atoms with Crippen LogP contribution in [-0.4, -0.2) is 61.1 Å². The first-order chi connectivity index (χ1) is 13.8. The Labute approximate surface area is 165 Å². The molecule has 4 atom stereocenters. The number of hydrogen-bond acceptors (Lipinski definition) is 9. The molecular formula is C18H20N4O7. The third kappa shape index (κ3) is 4.31. The van der Waals surface area contributed by atoms with Crippen LogP contribution in [0.3, 0.4) is 0 Å². The van der Waals surface area contributed by atoms with Gasteiger partial charge in [-0.15, -0.1) is 5.10 Å². The molecule has 2 heterocycles. The van der Waals surface area contributed by atoms with Crippen molar-refractivity contribution in [1.82, 2.24) is 20.1 Å². The van der Waals surface area contributed by atoms with Crippen molar-refractivity contribution in [2.24, 2.45) is 0 Å². The Kier molecular flexibility index (Phi) is 6.01. The van der Waals surface area contributed by atoms with Gasteiger partial charge in [0.2, 0.25) is 5.82 Å². The van der Waals surface area contributed by atoms with Crippen molar-refractivity contribution in [3.63, 3.8) is 0 Å². The van der Waals surface area contributed by atoms with E-state index in [2.05, 4.69) is 15.4 Å². The van der Waals surface area contributed by atoms with E-state index in [-0.39, 0.29) is 17.1 Å². The highest BCUT2D eigenvalue weighted by atomic mass is 16.6. The van der Waals surface area contributed by atoms with Crippen LogP contribution in [0, 0.1) is 0 Å². The molecule has 29 heavy (non-hydrogen) atoms. The summed E-state index contributed by atoms with van der Waals surface area (Å²) in [4.78, 5) is 39.7. The summed E-state index contributed by atoms with van der Waals surface area (Å²) in [6.07, 6.45) is -2.28. The van der Waals surface area contributed by atoms with Gasteiger partial charge in [-0.2, -0.15) is 0 Å². The highest BCUT2D eigenvalue weighted by Crippen LogP contribution is 2.30. The Morgan fingerprint density at radius 3 is 2.59 bits per heavy atom. The van der Waals surface area contributed by atoms with E-state index in [0.717, 1.165) is 11.0 Å². The van der Waals surface area contributed by atoms with Crippen LogP contribution < -0.4 is 10.1 Å². The van der Waals surface area contributed by atoms with Gasteiger partial charge >= 0.3 is 5.97 Å². The molecule has 0 spiro atoms. The number of imide groups is 1. The summed E-state index contributed by atoms with van der Waals surface area (Å²) in [5, 5.41) is 26.1. The van der Waals surface area contributed by atoms with Crippen LogP contribution >= 0.6 is 0 Å². The molecule has 3 N–H and O–H groups in total. The second kappa shape index (κ2) is 8.47. The Balaban J connectivity index is 1.71. The molecule has 0 aliphatic carbocycles. The van der Waals surface area contributed by atoms with E-state index in [1.165, 1.54) is 19.1 Å². The zero-order valence-electron chi connectivity index (χ0n) is 15.7. The number of aromatic nitrogens is 3. The molecule has 1 fully saturated rings. The number of amides is 2. The van der Waals surface area contributed by atoms with Gasteiger partial charge in [-0.3, -0.25) is 19.7 Å². The Morgan fingerprint density at radius 1 is 1.21 bits per heavy atom. The van der Waals surface area contributed by atoms with Gasteiger partial charge in [-0.05, 0) is 18.6 Å². The molecule has 2 amide bonds. The lowest BCUT2D eigenvalue weighted by Gasteiger charge is -2.13. The molecule has 0 radical (unpaired) electrons. The average molecular weight is 404 g/mol. The lowest BCUT2D eigenvalue weighted by atomic mass is 10.1. The van der Waals surface area contributed by atoms with E-state index in [0.29, 0.717) is 6.42 Å². The third-order valence-corrected chi connectivity index (χ3v) is 4.32. The smallest absolute Gasteiger partial charge is 0.308 e. The molecule has 1 aliphatic heterocycles. The molecule has 1 aromatic heterocycles. The highest BCUT2D eigenvalue weighted by Gasteiger charge is 2.43. The van der Waals surface area contributed by atoms with E-state index < -0.39 is 42.3 Å². The molecule has 3 rings (SSSR count). The minimum atomic E-state index is -1.24. The van der Waals surface area contributed by atoms with Crippen molar-refractivity contribution in [3.8, 4) is 5.75 Å². The third-order valence-electron chi connectivity index (χ3n) is 4.32. The minimum Gasteiger partial charge on any atom is -0.426 e. The predicted octanol–water partition coefficient (Wildman–Crippen LogP) is -0.197. The summed E-state index contributed by atoms with van der Waals surface area (Å²) in [6, 6.07) is 5.93. The fourth-order valence-corrected chi connectivity index (χ4v) is 2.91. The Bertz CT molecular complexity index is 928. The maximum absolute atomic E-state index is 12.4. The van der Waals surface area contributed by atoms with Crippen molar-refractivity contribution in [1.29, 1.82) is 0 Å². The summed E-state index contributed by atoms with van der Waals surface area (Å²) in [5.74, 6) is -2.65. The van der Waals surface area contributed by atoms with Gasteiger partial charge in [0.15, 0.2) is 6.23 Å². The van der Waals surface area contributed by atoms with Gasteiger partial charge in [-0.1, -0.05) is 19.1 Å². The monoisotopic (exact) mass is 404 g/mol. The molecule has 1 aliphatic rings. The molecule has 0 bridgehead atoms. The second-order valence-electron chi connectivity index (χ2n) is 6.38. The van der Waals surface area contributed by atoms with E-state index >= 15 is 0 Å². The van der Waals surface area contributed by atoms with E-state index in [4.69, 9.17) is 9.47 Å². The van der Waals surface area contributed by atoms with E-state index in [1.54, 1.807) is 19.1 Å². The number of aliphatic hydroxyl groups is 2. The number of hydrogen-bond donors (Lipinski definition) is 3. The number of aliphatic hydroxyl groups excluding tert-OH is 2. The Hall–Kier alpha value is -3.15. The molecule has 154 valence electrons. The van der Waals surface area contributed by atoms with Crippen molar-refractivity contribution in [2.45, 2.75) is 44.8 Å². The van der Waals surface area contributed by atoms with Crippen LogP contribution in [0.15, 0.2) is 30.6 Å². The number of carbonyl (C=O) groups excluding carboxylic acids is 3. The number of ether oxygens (including phenoxy) is 2. The first kappa shape index (κ1) is 20.6. The molecular weight excluding hydrogens is 384 g/mol. The molecule has 1 saturated heterocycles. The zero-order chi connectivity index (χ0) is 21.1. The van der Waals surface area contributed by atoms with Crippen molar-refractivity contribution >= 4 is 17.8 Å². The molecule has 0 saturated carbocycles. The number of rotatable bonds is 5. The van der Waals surface area contributed by atoms with Gasteiger partial charge in [0.25, 0.3) is 11.8 Å². The normalized spacial score (nSPS) is 23.6. The maximum Gasteiger partial charge on any atom is 0.308 e. The number of benzene rings is 1. The summed E-state index contributed by atoms with van der Waals surface area (Å²) in [6.45, 7) is 2.98. The minimum absolute atomic E-state index is 0.00543. The van der Waals surface area contributed by atoms with Crippen LogP contribution in [0.5, 0.6) is 5.75 Å². The zero-order valence-corrected chi connectivity index (χ0v) is 15.7. The quantitative estimate of drug-likeness (QED) is 0.349. The average Bonchev–Trinajstić information content (AvgIpc) is 3.27. The first-order valence-corrected chi connectivity index (χ1v) is 8.87. The van der Waals surface area contributed by atoms with Crippen molar-refractivity contribution in [3.05, 3.63) is 42.0 Å². The molecule has 4 unspecified atom stereocenters. The fraction of sp³-hybridized carbons (Fsp3) is 0.389. The number of nitrogens with zero attached hydrogens (tertiary/aromatic N) is 3. The lowest BCUT2D eigenvalue weighted by Crippen LogP contribution is -2.32. The standard InChI is InChI=1S/C18H20N4O7/c1-3-11-13(24)14(25)18(29-11)22-8-19-15(21-22)17(27)20-16(26)10-6-4-5-7-12(10)28-9(2)23/h4-8,11,13-14,18,24-25H,3H2,1-2H3,(H,20,26,27). The predicted molar refractivity (Wildman–Crippen MR) is 95.8 cm³/mol. The summed E-state index contributed by atoms with van der Waals surface area (Å²) in [7, 11) is 0. The van der Waals surface area contributed by atoms with Crippen LogP contribution in [0.1, 0.15) is 47.5 Å². The summed E-state index contributed by atoms with van der Waals surface area (Å²) >= 11 is 0. The SMILES string of the molecule is CCC1OC(n2cnc(C(=O)NC(=O)c3ccccc3OC(C)=O)n2)C(O)C1O. The van der Waals surface area contributed by atoms with Crippen LogP contribution in [0.25, 0.3) is 0 Å². The maximum atomic E-state index is 12.4. The highest BCUT2D eigenvalue weighted by molar-refractivity contribution is 6.10. The number of para-hydroxylation sites is 1. The van der Waals surface area contributed by atoms with E-state index in [1.807, 2.05) is 0 Å². The van der Waals surface area contributed by atoms with Crippen LogP contribution in [0.2, 0.25) is 0 Å².